The van der Waals surface area contributed by atoms with Crippen LogP contribution in [0.3, 0.4) is 0 Å². The van der Waals surface area contributed by atoms with Gasteiger partial charge in [-0.25, -0.2) is 0 Å². The van der Waals surface area contributed by atoms with Crippen LogP contribution >= 0.6 is 0 Å². The van der Waals surface area contributed by atoms with Gasteiger partial charge in [0.1, 0.15) is 18.2 Å². The number of para-hydroxylation sites is 1. The fraction of sp³-hybridized carbons (Fsp3) is 0.174. The molecule has 29 heavy (non-hydrogen) atoms. The lowest BCUT2D eigenvalue weighted by molar-refractivity contribution is -0.137. The Morgan fingerprint density at radius 1 is 1.17 bits per heavy atom. The summed E-state index contributed by atoms with van der Waals surface area (Å²) in [7, 11) is 0. The fourth-order valence-corrected chi connectivity index (χ4v) is 3.21. The van der Waals surface area contributed by atoms with Crippen LogP contribution in [-0.4, -0.2) is 21.6 Å². The molecular formula is C23H21N3O3. The quantitative estimate of drug-likeness (QED) is 0.469. The zero-order valence-corrected chi connectivity index (χ0v) is 16.1. The summed E-state index contributed by atoms with van der Waals surface area (Å²) in [5, 5.41) is 22.1. The molecule has 0 spiro atoms. The molecule has 1 aromatic heterocycles. The van der Waals surface area contributed by atoms with Crippen molar-refractivity contribution >= 4 is 34.5 Å². The number of nitriles is 1. The number of carbonyl (C=O) groups excluding carboxylic acids is 1. The van der Waals surface area contributed by atoms with Crippen molar-refractivity contribution in [1.82, 2.24) is 4.57 Å². The SMILES string of the molecule is CCCc1ccc(NC(=O)/C(C#N)=C/c2cn(CC(=O)O)c3ccccc23)cc1. The van der Waals surface area contributed by atoms with Crippen molar-refractivity contribution in [3.63, 3.8) is 0 Å². The lowest BCUT2D eigenvalue weighted by atomic mass is 10.1. The Labute approximate surface area is 168 Å². The van der Waals surface area contributed by atoms with Crippen LogP contribution in [0.25, 0.3) is 17.0 Å². The summed E-state index contributed by atoms with van der Waals surface area (Å²) in [6.07, 6.45) is 5.14. The topological polar surface area (TPSA) is 95.1 Å². The summed E-state index contributed by atoms with van der Waals surface area (Å²) in [5.41, 5.74) is 3.09. The van der Waals surface area contributed by atoms with E-state index >= 15 is 0 Å². The number of nitrogens with one attached hydrogen (secondary N) is 1. The third kappa shape index (κ3) is 4.71. The van der Waals surface area contributed by atoms with E-state index in [1.165, 1.54) is 11.6 Å². The molecule has 0 aliphatic rings. The molecule has 0 radical (unpaired) electrons. The molecule has 0 saturated heterocycles. The van der Waals surface area contributed by atoms with Gasteiger partial charge in [0.15, 0.2) is 0 Å². The summed E-state index contributed by atoms with van der Waals surface area (Å²) in [5.74, 6) is -1.48. The van der Waals surface area contributed by atoms with Gasteiger partial charge in [-0.2, -0.15) is 5.26 Å². The van der Waals surface area contributed by atoms with Crippen LogP contribution in [0.5, 0.6) is 0 Å². The number of carboxylic acid groups (broad SMARTS) is 1. The molecule has 0 aliphatic heterocycles. The Bertz CT molecular complexity index is 1120. The van der Waals surface area contributed by atoms with Gasteiger partial charge in [0.2, 0.25) is 0 Å². The molecule has 3 rings (SSSR count). The Morgan fingerprint density at radius 3 is 2.55 bits per heavy atom. The number of hydrogen-bond acceptors (Lipinski definition) is 3. The van der Waals surface area contributed by atoms with Gasteiger partial charge in [0, 0.05) is 28.4 Å². The van der Waals surface area contributed by atoms with E-state index in [4.69, 9.17) is 5.11 Å². The van der Waals surface area contributed by atoms with E-state index in [1.807, 2.05) is 48.5 Å². The number of aromatic nitrogens is 1. The molecule has 2 aromatic carbocycles. The third-order valence-corrected chi connectivity index (χ3v) is 4.54. The van der Waals surface area contributed by atoms with E-state index in [1.54, 1.807) is 16.8 Å². The normalized spacial score (nSPS) is 11.2. The molecule has 0 atom stereocenters. The minimum atomic E-state index is -0.967. The summed E-state index contributed by atoms with van der Waals surface area (Å²) in [4.78, 5) is 23.7. The van der Waals surface area contributed by atoms with Gasteiger partial charge in [0.25, 0.3) is 5.91 Å². The number of fused-ring (bicyclic) bond motifs is 1. The first-order chi connectivity index (χ1) is 14.0. The van der Waals surface area contributed by atoms with E-state index in [2.05, 4.69) is 12.2 Å². The van der Waals surface area contributed by atoms with Crippen LogP contribution in [0.2, 0.25) is 0 Å². The molecule has 3 aromatic rings. The number of hydrogen-bond donors (Lipinski definition) is 2. The fourth-order valence-electron chi connectivity index (χ4n) is 3.21. The minimum absolute atomic E-state index is 0.0548. The molecule has 0 saturated carbocycles. The Kier molecular flexibility index (Phi) is 6.10. The highest BCUT2D eigenvalue weighted by atomic mass is 16.4. The van der Waals surface area contributed by atoms with Crippen molar-refractivity contribution in [2.24, 2.45) is 0 Å². The van der Waals surface area contributed by atoms with Crippen LogP contribution in [0.1, 0.15) is 24.5 Å². The van der Waals surface area contributed by atoms with Crippen LogP contribution < -0.4 is 5.32 Å². The van der Waals surface area contributed by atoms with Crippen molar-refractivity contribution in [3.05, 3.63) is 71.4 Å². The average molecular weight is 387 g/mol. The number of nitrogens with zero attached hydrogens (tertiary/aromatic N) is 2. The molecule has 2 N–H and O–H groups in total. The molecule has 0 bridgehead atoms. The van der Waals surface area contributed by atoms with Crippen LogP contribution in [-0.2, 0) is 22.6 Å². The zero-order valence-electron chi connectivity index (χ0n) is 16.1. The number of benzene rings is 2. The molecule has 6 heteroatoms. The van der Waals surface area contributed by atoms with Gasteiger partial charge in [-0.05, 0) is 36.3 Å². The first kappa shape index (κ1) is 19.9. The van der Waals surface area contributed by atoms with Crippen molar-refractivity contribution in [1.29, 1.82) is 5.26 Å². The second-order valence-electron chi connectivity index (χ2n) is 6.69. The van der Waals surface area contributed by atoms with E-state index in [-0.39, 0.29) is 12.1 Å². The molecule has 0 fully saturated rings. The molecule has 0 aliphatic carbocycles. The molecular weight excluding hydrogens is 366 g/mol. The molecule has 1 heterocycles. The first-order valence-electron chi connectivity index (χ1n) is 9.33. The van der Waals surface area contributed by atoms with Crippen LogP contribution in [0.15, 0.2) is 60.3 Å². The van der Waals surface area contributed by atoms with Gasteiger partial charge >= 0.3 is 5.97 Å². The van der Waals surface area contributed by atoms with E-state index in [9.17, 15) is 14.9 Å². The van der Waals surface area contributed by atoms with Gasteiger partial charge < -0.3 is 15.0 Å². The van der Waals surface area contributed by atoms with Crippen LogP contribution in [0.4, 0.5) is 5.69 Å². The summed E-state index contributed by atoms with van der Waals surface area (Å²) >= 11 is 0. The predicted octanol–water partition coefficient (Wildman–Crippen LogP) is 4.22. The highest BCUT2D eigenvalue weighted by Gasteiger charge is 2.13. The summed E-state index contributed by atoms with van der Waals surface area (Å²) in [6.45, 7) is 1.90. The Balaban J connectivity index is 1.88. The predicted molar refractivity (Wildman–Crippen MR) is 112 cm³/mol. The first-order valence-corrected chi connectivity index (χ1v) is 9.33. The van der Waals surface area contributed by atoms with Gasteiger partial charge in [-0.3, -0.25) is 9.59 Å². The molecule has 0 unspecified atom stereocenters. The number of aliphatic carboxylic acids is 1. The van der Waals surface area contributed by atoms with Crippen molar-refractivity contribution in [2.45, 2.75) is 26.3 Å². The number of carboxylic acids is 1. The smallest absolute Gasteiger partial charge is 0.323 e. The largest absolute Gasteiger partial charge is 0.480 e. The van der Waals surface area contributed by atoms with Crippen molar-refractivity contribution in [2.75, 3.05) is 5.32 Å². The Hall–Kier alpha value is -3.85. The standard InChI is InChI=1S/C23H21N3O3/c1-2-5-16-8-10-19(11-9-16)25-23(29)17(13-24)12-18-14-26(15-22(27)28)21-7-4-3-6-20(18)21/h3-4,6-12,14H,2,5,15H2,1H3,(H,25,29)(H,27,28)/b17-12+. The molecule has 6 nitrogen and oxygen atoms in total. The second-order valence-corrected chi connectivity index (χ2v) is 6.69. The monoisotopic (exact) mass is 387 g/mol. The number of anilines is 1. The number of aryl methyl sites for hydroxylation is 1. The second kappa shape index (κ2) is 8.89. The molecule has 1 amide bonds. The number of carbonyl (C=O) groups is 2. The summed E-state index contributed by atoms with van der Waals surface area (Å²) in [6, 6.07) is 16.8. The number of amides is 1. The number of rotatable bonds is 7. The third-order valence-electron chi connectivity index (χ3n) is 4.54. The van der Waals surface area contributed by atoms with E-state index in [0.717, 1.165) is 23.7 Å². The minimum Gasteiger partial charge on any atom is -0.480 e. The lowest BCUT2D eigenvalue weighted by Crippen LogP contribution is -2.13. The zero-order chi connectivity index (χ0) is 20.8. The Morgan fingerprint density at radius 2 is 1.90 bits per heavy atom. The lowest BCUT2D eigenvalue weighted by Gasteiger charge is -2.05. The highest BCUT2D eigenvalue weighted by Crippen LogP contribution is 2.24. The average Bonchev–Trinajstić information content (AvgIpc) is 3.04. The van der Waals surface area contributed by atoms with Crippen molar-refractivity contribution < 1.29 is 14.7 Å². The maximum absolute atomic E-state index is 12.6. The van der Waals surface area contributed by atoms with Crippen LogP contribution in [0, 0.1) is 11.3 Å². The highest BCUT2D eigenvalue weighted by molar-refractivity contribution is 6.10. The van der Waals surface area contributed by atoms with Gasteiger partial charge in [-0.1, -0.05) is 43.7 Å². The van der Waals surface area contributed by atoms with E-state index < -0.39 is 11.9 Å². The maximum Gasteiger partial charge on any atom is 0.323 e. The van der Waals surface area contributed by atoms with E-state index in [0.29, 0.717) is 11.3 Å². The molecule has 146 valence electrons. The van der Waals surface area contributed by atoms with Gasteiger partial charge in [-0.15, -0.1) is 0 Å². The maximum atomic E-state index is 12.6. The summed E-state index contributed by atoms with van der Waals surface area (Å²) < 4.78 is 1.59. The van der Waals surface area contributed by atoms with Crippen molar-refractivity contribution in [3.8, 4) is 6.07 Å². The van der Waals surface area contributed by atoms with Gasteiger partial charge in [0.05, 0.1) is 0 Å².